The zero-order valence-electron chi connectivity index (χ0n) is 28.9. The lowest BCUT2D eigenvalue weighted by molar-refractivity contribution is -0.126. The first kappa shape index (κ1) is 34.5. The largest absolute Gasteiger partial charge is 0.449 e. The molecule has 7 nitrogen and oxygen atoms in total. The van der Waals surface area contributed by atoms with Crippen LogP contribution in [0.1, 0.15) is 45.7 Å². The van der Waals surface area contributed by atoms with E-state index in [0.717, 1.165) is 38.9 Å². The molecule has 0 heterocycles. The molecule has 0 saturated carbocycles. The van der Waals surface area contributed by atoms with Crippen LogP contribution in [0, 0.1) is 12.3 Å². The van der Waals surface area contributed by atoms with Gasteiger partial charge in [0.1, 0.15) is 18.2 Å². The lowest BCUT2D eigenvalue weighted by Gasteiger charge is -2.37. The number of anilines is 1. The van der Waals surface area contributed by atoms with E-state index in [1.54, 1.807) is 24.3 Å². The van der Waals surface area contributed by atoms with Gasteiger partial charge in [0.15, 0.2) is 0 Å². The number of benzene rings is 6. The lowest BCUT2D eigenvalue weighted by atomic mass is 9.77. The van der Waals surface area contributed by atoms with Crippen LogP contribution in [0.25, 0.3) is 11.1 Å². The number of carbonyl (C=O) groups is 3. The molecule has 0 spiro atoms. The molecule has 1 aliphatic carbocycles. The van der Waals surface area contributed by atoms with Crippen molar-refractivity contribution in [3.8, 4) is 23.5 Å². The number of terminal acetylenes is 1. The van der Waals surface area contributed by atoms with Gasteiger partial charge in [-0.15, -0.1) is 6.42 Å². The molecule has 0 aromatic heterocycles. The smallest absolute Gasteiger partial charge is 0.407 e. The van der Waals surface area contributed by atoms with E-state index >= 15 is 0 Å². The Labute approximate surface area is 309 Å². The lowest BCUT2D eigenvalue weighted by Crippen LogP contribution is -2.52. The third-order valence-electron chi connectivity index (χ3n) is 9.61. The van der Waals surface area contributed by atoms with Gasteiger partial charge in [0.2, 0.25) is 11.8 Å². The first-order valence-corrected chi connectivity index (χ1v) is 17.4. The summed E-state index contributed by atoms with van der Waals surface area (Å²) in [5, 5.41) is 8.81. The maximum absolute atomic E-state index is 14.3. The van der Waals surface area contributed by atoms with Crippen LogP contribution in [0.4, 0.5) is 10.5 Å². The van der Waals surface area contributed by atoms with Crippen molar-refractivity contribution in [2.45, 2.75) is 23.9 Å². The molecule has 1 atom stereocenters. The fourth-order valence-electron chi connectivity index (χ4n) is 7.10. The zero-order chi connectivity index (χ0) is 36.6. The molecule has 53 heavy (non-hydrogen) atoms. The van der Waals surface area contributed by atoms with Gasteiger partial charge in [-0.1, -0.05) is 145 Å². The normalized spacial score (nSPS) is 12.4. The van der Waals surface area contributed by atoms with Gasteiger partial charge in [-0.25, -0.2) is 4.79 Å². The highest BCUT2D eigenvalue weighted by atomic mass is 16.5. The van der Waals surface area contributed by atoms with Crippen LogP contribution < -0.4 is 16.0 Å². The molecular weight excluding hydrogens is 659 g/mol. The molecule has 260 valence electrons. The summed E-state index contributed by atoms with van der Waals surface area (Å²) < 4.78 is 5.81. The van der Waals surface area contributed by atoms with Gasteiger partial charge < -0.3 is 20.7 Å². The van der Waals surface area contributed by atoms with Crippen LogP contribution in [0.5, 0.6) is 0 Å². The average molecular weight is 696 g/mol. The molecule has 6 aromatic rings. The number of hydrogen-bond donors (Lipinski definition) is 3. The average Bonchev–Trinajstić information content (AvgIpc) is 3.53. The Morgan fingerprint density at radius 1 is 0.642 bits per heavy atom. The van der Waals surface area contributed by atoms with Crippen molar-refractivity contribution in [2.75, 3.05) is 11.9 Å². The van der Waals surface area contributed by atoms with Crippen molar-refractivity contribution in [1.82, 2.24) is 10.6 Å². The Morgan fingerprint density at radius 2 is 1.11 bits per heavy atom. The molecule has 7 rings (SSSR count). The molecule has 7 heteroatoms. The van der Waals surface area contributed by atoms with Crippen LogP contribution in [0.2, 0.25) is 0 Å². The van der Waals surface area contributed by atoms with Gasteiger partial charge in [-0.3, -0.25) is 9.59 Å². The monoisotopic (exact) mass is 695 g/mol. The van der Waals surface area contributed by atoms with Crippen LogP contribution >= 0.6 is 0 Å². The Bertz CT molecular complexity index is 2120. The summed E-state index contributed by atoms with van der Waals surface area (Å²) in [4.78, 5) is 41.8. The van der Waals surface area contributed by atoms with Crippen LogP contribution in [0.3, 0.4) is 0 Å². The second kappa shape index (κ2) is 15.5. The minimum absolute atomic E-state index is 0.0487. The number of rotatable bonds is 11. The fraction of sp³-hybridized carbons (Fsp3) is 0.109. The minimum atomic E-state index is -1.29. The Morgan fingerprint density at radius 3 is 1.60 bits per heavy atom. The maximum Gasteiger partial charge on any atom is 0.407 e. The molecular formula is C46H37N3O4. The summed E-state index contributed by atoms with van der Waals surface area (Å²) in [6.07, 6.45) is 4.32. The third-order valence-corrected chi connectivity index (χ3v) is 9.61. The summed E-state index contributed by atoms with van der Waals surface area (Å²) in [5.41, 5.74) is 6.78. The molecule has 3 amide bonds. The van der Waals surface area contributed by atoms with Gasteiger partial charge in [-0.05, 0) is 63.2 Å². The van der Waals surface area contributed by atoms with E-state index in [-0.39, 0.29) is 18.9 Å². The topological polar surface area (TPSA) is 96.5 Å². The summed E-state index contributed by atoms with van der Waals surface area (Å²) in [7, 11) is 0. The number of ether oxygens (including phenoxy) is 1. The Balaban J connectivity index is 1.16. The molecule has 0 radical (unpaired) electrons. The van der Waals surface area contributed by atoms with Gasteiger partial charge in [0.05, 0.1) is 6.42 Å². The van der Waals surface area contributed by atoms with Crippen molar-refractivity contribution in [3.05, 3.63) is 197 Å². The molecule has 0 bridgehead atoms. The van der Waals surface area contributed by atoms with E-state index in [0.29, 0.717) is 11.3 Å². The van der Waals surface area contributed by atoms with Crippen molar-refractivity contribution in [3.63, 3.8) is 0 Å². The van der Waals surface area contributed by atoms with E-state index < -0.39 is 29.5 Å². The van der Waals surface area contributed by atoms with Gasteiger partial charge >= 0.3 is 6.09 Å². The van der Waals surface area contributed by atoms with E-state index in [2.05, 4.69) is 34.0 Å². The summed E-state index contributed by atoms with van der Waals surface area (Å²) in [6.45, 7) is 0.0487. The van der Waals surface area contributed by atoms with Crippen LogP contribution in [-0.4, -0.2) is 30.6 Å². The number of nitrogens with one attached hydrogen (secondary N) is 3. The molecule has 1 unspecified atom stereocenters. The predicted octanol–water partition coefficient (Wildman–Crippen LogP) is 8.01. The van der Waals surface area contributed by atoms with E-state index in [9.17, 15) is 14.4 Å². The number of hydrogen-bond acceptors (Lipinski definition) is 4. The van der Waals surface area contributed by atoms with Crippen molar-refractivity contribution in [1.29, 1.82) is 0 Å². The number of alkyl carbamates (subject to hydrolysis) is 1. The first-order chi connectivity index (χ1) is 26.0. The van der Waals surface area contributed by atoms with E-state index in [1.165, 1.54) is 0 Å². The number of amides is 3. The quantitative estimate of drug-likeness (QED) is 0.0946. The molecule has 1 aliphatic rings. The van der Waals surface area contributed by atoms with Crippen molar-refractivity contribution in [2.24, 2.45) is 0 Å². The van der Waals surface area contributed by atoms with Crippen molar-refractivity contribution < 1.29 is 19.1 Å². The number of carbonyl (C=O) groups excluding carboxylic acids is 3. The SMILES string of the molecule is C#Cc1ccc(NC(=O)C(CC(=O)NC(c2ccccc2)(c2ccccc2)c2ccccc2)NC(=O)OCC2c3ccccc3-c3ccccc32)cc1. The zero-order valence-corrected chi connectivity index (χ0v) is 28.9. The van der Waals surface area contributed by atoms with Crippen LogP contribution in [-0.2, 0) is 19.9 Å². The second-order valence-corrected chi connectivity index (χ2v) is 12.8. The fourth-order valence-corrected chi connectivity index (χ4v) is 7.10. The molecule has 3 N–H and O–H groups in total. The van der Waals surface area contributed by atoms with Gasteiger partial charge in [0.25, 0.3) is 0 Å². The highest BCUT2D eigenvalue weighted by molar-refractivity contribution is 5.99. The van der Waals surface area contributed by atoms with Gasteiger partial charge in [-0.2, -0.15) is 0 Å². The first-order valence-electron chi connectivity index (χ1n) is 17.4. The van der Waals surface area contributed by atoms with Crippen molar-refractivity contribution >= 4 is 23.6 Å². The Kier molecular flexibility index (Phi) is 10.1. The Hall–Kier alpha value is -6.91. The number of fused-ring (bicyclic) bond motifs is 3. The van der Waals surface area contributed by atoms with Crippen LogP contribution in [0.15, 0.2) is 164 Å². The molecule has 0 fully saturated rings. The van der Waals surface area contributed by atoms with E-state index in [1.807, 2.05) is 127 Å². The maximum atomic E-state index is 14.3. The summed E-state index contributed by atoms with van der Waals surface area (Å²) >= 11 is 0. The highest BCUT2D eigenvalue weighted by Crippen LogP contribution is 2.44. The van der Waals surface area contributed by atoms with Gasteiger partial charge in [0, 0.05) is 17.2 Å². The summed E-state index contributed by atoms with van der Waals surface area (Å²) in [6, 6.07) is 50.5. The highest BCUT2D eigenvalue weighted by Gasteiger charge is 2.39. The van der Waals surface area contributed by atoms with E-state index in [4.69, 9.17) is 11.2 Å². The third kappa shape index (κ3) is 7.30. The minimum Gasteiger partial charge on any atom is -0.449 e. The molecule has 6 aromatic carbocycles. The predicted molar refractivity (Wildman–Crippen MR) is 207 cm³/mol. The summed E-state index contributed by atoms with van der Waals surface area (Å²) in [5.74, 6) is 1.32. The molecule has 0 saturated heterocycles. The molecule has 0 aliphatic heterocycles. The second-order valence-electron chi connectivity index (χ2n) is 12.8. The standard InChI is InChI=1S/C46H37N3O4/c1-2-32-26-28-36(29-27-32)47-44(51)42(48-45(52)53-31-41-39-24-14-12-22-37(39)38-23-13-15-25-40(38)41)30-43(50)49-46(33-16-6-3-7-17-33,34-18-8-4-9-19-34)35-20-10-5-11-21-35/h1,3-29,41-42H,30-31H2,(H,47,51)(H,48,52)(H,49,50).